The maximum atomic E-state index is 12.9. The van der Waals surface area contributed by atoms with Crippen molar-refractivity contribution in [2.45, 2.75) is 32.1 Å². The van der Waals surface area contributed by atoms with E-state index in [2.05, 4.69) is 0 Å². The lowest BCUT2D eigenvalue weighted by molar-refractivity contribution is -0.134. The first-order valence-corrected chi connectivity index (χ1v) is 8.22. The van der Waals surface area contributed by atoms with Gasteiger partial charge in [-0.15, -0.1) is 0 Å². The average molecular weight is 319 g/mol. The van der Waals surface area contributed by atoms with E-state index in [9.17, 15) is 14.0 Å². The number of hydrogen-bond acceptors (Lipinski definition) is 3. The molecule has 0 radical (unpaired) electrons. The molecule has 1 aromatic carbocycles. The number of rotatable bonds is 4. The van der Waals surface area contributed by atoms with Crippen molar-refractivity contribution >= 4 is 11.7 Å². The minimum absolute atomic E-state index is 0.0337. The van der Waals surface area contributed by atoms with Crippen molar-refractivity contribution in [3.05, 3.63) is 35.6 Å². The van der Waals surface area contributed by atoms with E-state index in [1.807, 2.05) is 4.90 Å². The van der Waals surface area contributed by atoms with Crippen LogP contribution < -0.4 is 0 Å². The Hall–Kier alpha value is -1.75. The number of nitrogens with zero attached hydrogens (tertiary/aromatic N) is 1. The number of hydrogen-bond donors (Lipinski definition) is 0. The zero-order valence-corrected chi connectivity index (χ0v) is 13.2. The lowest BCUT2D eigenvalue weighted by atomic mass is 9.79. The summed E-state index contributed by atoms with van der Waals surface area (Å²) in [5, 5.41) is 0. The molecule has 1 aromatic rings. The van der Waals surface area contributed by atoms with Crippen molar-refractivity contribution in [3.8, 4) is 0 Å². The minimum Gasteiger partial charge on any atom is -0.381 e. The fraction of sp³-hybridized carbons (Fsp3) is 0.556. The number of ether oxygens (including phenoxy) is 1. The van der Waals surface area contributed by atoms with E-state index in [0.29, 0.717) is 5.56 Å². The van der Waals surface area contributed by atoms with Gasteiger partial charge in [0.05, 0.1) is 6.61 Å². The van der Waals surface area contributed by atoms with Crippen molar-refractivity contribution in [3.63, 3.8) is 0 Å². The monoisotopic (exact) mass is 319 g/mol. The normalized spacial score (nSPS) is 24.1. The zero-order valence-electron chi connectivity index (χ0n) is 13.2. The van der Waals surface area contributed by atoms with Gasteiger partial charge in [0, 0.05) is 43.5 Å². The predicted molar refractivity (Wildman–Crippen MR) is 83.6 cm³/mol. The van der Waals surface area contributed by atoms with Gasteiger partial charge in [0.1, 0.15) is 5.82 Å². The van der Waals surface area contributed by atoms with Gasteiger partial charge < -0.3 is 9.64 Å². The molecule has 1 spiro atoms. The van der Waals surface area contributed by atoms with E-state index in [0.717, 1.165) is 45.6 Å². The van der Waals surface area contributed by atoms with Crippen LogP contribution in [0.15, 0.2) is 24.3 Å². The second-order valence-corrected chi connectivity index (χ2v) is 6.65. The Morgan fingerprint density at radius 1 is 1.17 bits per heavy atom. The second kappa shape index (κ2) is 6.79. The van der Waals surface area contributed by atoms with Gasteiger partial charge in [-0.1, -0.05) is 0 Å². The van der Waals surface area contributed by atoms with Gasteiger partial charge >= 0.3 is 0 Å². The highest BCUT2D eigenvalue weighted by molar-refractivity contribution is 5.97. The summed E-state index contributed by atoms with van der Waals surface area (Å²) in [6, 6.07) is 5.47. The quantitative estimate of drug-likeness (QED) is 0.802. The van der Waals surface area contributed by atoms with Crippen LogP contribution in [0.5, 0.6) is 0 Å². The average Bonchev–Trinajstić information content (AvgIpc) is 3.00. The molecule has 1 atom stereocenters. The molecule has 3 rings (SSSR count). The number of carbonyl (C=O) groups is 2. The van der Waals surface area contributed by atoms with E-state index in [4.69, 9.17) is 4.74 Å². The first-order chi connectivity index (χ1) is 11.1. The molecule has 23 heavy (non-hydrogen) atoms. The molecule has 124 valence electrons. The van der Waals surface area contributed by atoms with Crippen molar-refractivity contribution < 1.29 is 18.7 Å². The molecule has 4 nitrogen and oxygen atoms in total. The van der Waals surface area contributed by atoms with Gasteiger partial charge in [0.25, 0.3) is 0 Å². The van der Waals surface area contributed by atoms with E-state index in [1.54, 1.807) is 0 Å². The van der Waals surface area contributed by atoms with Gasteiger partial charge in [-0.05, 0) is 43.5 Å². The number of piperidine rings is 1. The highest BCUT2D eigenvalue weighted by atomic mass is 19.1. The third kappa shape index (κ3) is 3.78. The number of benzene rings is 1. The van der Waals surface area contributed by atoms with Gasteiger partial charge in [-0.2, -0.15) is 0 Å². The summed E-state index contributed by atoms with van der Waals surface area (Å²) in [5.74, 6) is -0.448. The number of amides is 1. The van der Waals surface area contributed by atoms with Gasteiger partial charge in [0.15, 0.2) is 5.78 Å². The van der Waals surface area contributed by atoms with Crippen LogP contribution in [0.4, 0.5) is 4.39 Å². The molecule has 2 aliphatic rings. The molecule has 0 saturated carbocycles. The Labute approximate surface area is 135 Å². The summed E-state index contributed by atoms with van der Waals surface area (Å²) in [5.41, 5.74) is 0.591. The largest absolute Gasteiger partial charge is 0.381 e. The SMILES string of the molecule is O=C(CCC(=O)N1CCC[C@]2(CCOC2)C1)c1ccc(F)cc1. The smallest absolute Gasteiger partial charge is 0.223 e. The summed E-state index contributed by atoms with van der Waals surface area (Å²) in [7, 11) is 0. The fourth-order valence-electron chi connectivity index (χ4n) is 3.55. The number of carbonyl (C=O) groups excluding carboxylic acids is 2. The van der Waals surface area contributed by atoms with Crippen molar-refractivity contribution in [1.29, 1.82) is 0 Å². The summed E-state index contributed by atoms with van der Waals surface area (Å²) >= 11 is 0. The Bertz CT molecular complexity index is 578. The van der Waals surface area contributed by atoms with E-state index in [-0.39, 0.29) is 35.8 Å². The summed E-state index contributed by atoms with van der Waals surface area (Å²) in [6.07, 6.45) is 3.52. The molecule has 5 heteroatoms. The molecular weight excluding hydrogens is 297 g/mol. The molecule has 1 amide bonds. The Morgan fingerprint density at radius 2 is 1.96 bits per heavy atom. The predicted octanol–water partition coefficient (Wildman–Crippen LogP) is 2.82. The second-order valence-electron chi connectivity index (χ2n) is 6.65. The van der Waals surface area contributed by atoms with Crippen molar-refractivity contribution in [2.75, 3.05) is 26.3 Å². The van der Waals surface area contributed by atoms with Gasteiger partial charge in [0.2, 0.25) is 5.91 Å². The molecule has 0 bridgehead atoms. The van der Waals surface area contributed by atoms with E-state index < -0.39 is 0 Å². The van der Waals surface area contributed by atoms with Crippen LogP contribution in [0, 0.1) is 11.2 Å². The van der Waals surface area contributed by atoms with Crippen LogP contribution in [0.1, 0.15) is 42.5 Å². The first kappa shape index (κ1) is 16.1. The van der Waals surface area contributed by atoms with Crippen LogP contribution in [0.2, 0.25) is 0 Å². The fourth-order valence-corrected chi connectivity index (χ4v) is 3.55. The minimum atomic E-state index is -0.366. The lowest BCUT2D eigenvalue weighted by Crippen LogP contribution is -2.46. The Morgan fingerprint density at radius 3 is 2.65 bits per heavy atom. The highest BCUT2D eigenvalue weighted by Gasteiger charge is 2.40. The lowest BCUT2D eigenvalue weighted by Gasteiger charge is -2.39. The molecule has 0 aromatic heterocycles. The van der Waals surface area contributed by atoms with Gasteiger partial charge in [-0.25, -0.2) is 4.39 Å². The molecule has 2 fully saturated rings. The van der Waals surface area contributed by atoms with Crippen LogP contribution in [0.3, 0.4) is 0 Å². The number of likely N-dealkylation sites (tertiary alicyclic amines) is 1. The van der Waals surface area contributed by atoms with Crippen LogP contribution >= 0.6 is 0 Å². The van der Waals surface area contributed by atoms with Crippen LogP contribution in [-0.4, -0.2) is 42.9 Å². The Kier molecular flexibility index (Phi) is 4.76. The summed E-state index contributed by atoms with van der Waals surface area (Å²) in [6.45, 7) is 3.04. The molecule has 0 aliphatic carbocycles. The molecule has 0 N–H and O–H groups in total. The maximum Gasteiger partial charge on any atom is 0.223 e. The summed E-state index contributed by atoms with van der Waals surface area (Å²) in [4.78, 5) is 26.4. The standard InChI is InChI=1S/C18H22FNO3/c19-15-4-2-14(3-5-15)16(21)6-7-17(22)20-10-1-8-18(12-20)9-11-23-13-18/h2-5H,1,6-13H2/t18-/m0/s1. The highest BCUT2D eigenvalue weighted by Crippen LogP contribution is 2.37. The summed E-state index contributed by atoms with van der Waals surface area (Å²) < 4.78 is 18.4. The molecule has 2 aliphatic heterocycles. The number of ketones is 1. The first-order valence-electron chi connectivity index (χ1n) is 8.22. The molecule has 2 heterocycles. The molecular formula is C18H22FNO3. The Balaban J connectivity index is 1.52. The molecule has 0 unspecified atom stereocenters. The topological polar surface area (TPSA) is 46.6 Å². The van der Waals surface area contributed by atoms with E-state index >= 15 is 0 Å². The molecule has 2 saturated heterocycles. The van der Waals surface area contributed by atoms with E-state index in [1.165, 1.54) is 24.3 Å². The van der Waals surface area contributed by atoms with Crippen molar-refractivity contribution in [1.82, 2.24) is 4.90 Å². The van der Waals surface area contributed by atoms with Crippen LogP contribution in [-0.2, 0) is 9.53 Å². The van der Waals surface area contributed by atoms with Gasteiger partial charge in [-0.3, -0.25) is 9.59 Å². The number of Topliss-reactive ketones (excluding diaryl/α,β-unsaturated/α-hetero) is 1. The third-order valence-corrected chi connectivity index (χ3v) is 4.93. The number of halogens is 1. The zero-order chi connectivity index (χ0) is 16.3. The van der Waals surface area contributed by atoms with Crippen LogP contribution in [0.25, 0.3) is 0 Å². The van der Waals surface area contributed by atoms with Crippen molar-refractivity contribution in [2.24, 2.45) is 5.41 Å². The maximum absolute atomic E-state index is 12.9. The third-order valence-electron chi connectivity index (χ3n) is 4.93.